The van der Waals surface area contributed by atoms with Gasteiger partial charge in [-0.25, -0.2) is 4.39 Å². The summed E-state index contributed by atoms with van der Waals surface area (Å²) in [4.78, 5) is 0. The van der Waals surface area contributed by atoms with Crippen molar-refractivity contribution >= 4 is 5.70 Å². The van der Waals surface area contributed by atoms with Crippen molar-refractivity contribution < 1.29 is 4.39 Å². The molecular weight excluding hydrogens is 265 g/mol. The molecule has 0 saturated heterocycles. The monoisotopic (exact) mass is 283 g/mol. The van der Waals surface area contributed by atoms with Crippen molar-refractivity contribution in [3.8, 4) is 11.1 Å². The number of nitrogens with two attached hydrogens (primary N) is 1. The molecule has 0 fully saturated rings. The molecule has 3 nitrogen and oxygen atoms in total. The fourth-order valence-corrected chi connectivity index (χ4v) is 1.95. The Morgan fingerprint density at radius 3 is 2.52 bits per heavy atom. The number of hydrogen-bond acceptors (Lipinski definition) is 3. The summed E-state index contributed by atoms with van der Waals surface area (Å²) in [6.45, 7) is 5.78. The number of rotatable bonds is 5. The number of aryl methyl sites for hydroxylation is 1. The summed E-state index contributed by atoms with van der Waals surface area (Å²) >= 11 is 0. The normalized spacial score (nSPS) is 10.6. The second-order valence-electron chi connectivity index (χ2n) is 4.67. The standard InChI is InChI=1S/C17H18FN3/c1-12-3-8-16(17(18)11-12)15-6-4-14(5-7-15)13(2)21-20-10-9-19/h3-11,20-21H,2,19H2,1H3/b10-9-. The Morgan fingerprint density at radius 1 is 1.19 bits per heavy atom. The summed E-state index contributed by atoms with van der Waals surface area (Å²) in [7, 11) is 0. The van der Waals surface area contributed by atoms with Crippen LogP contribution >= 0.6 is 0 Å². The molecule has 0 aliphatic rings. The van der Waals surface area contributed by atoms with E-state index in [-0.39, 0.29) is 5.82 Å². The minimum atomic E-state index is -0.213. The van der Waals surface area contributed by atoms with Gasteiger partial charge in [0, 0.05) is 18.0 Å². The quantitative estimate of drug-likeness (QED) is 0.738. The molecule has 2 aromatic carbocycles. The lowest BCUT2D eigenvalue weighted by atomic mass is 10.0. The first-order chi connectivity index (χ1) is 10.1. The number of nitrogens with one attached hydrogen (secondary N) is 2. The van der Waals surface area contributed by atoms with E-state index in [1.165, 1.54) is 12.3 Å². The lowest BCUT2D eigenvalue weighted by Crippen LogP contribution is -2.24. The maximum atomic E-state index is 13.9. The molecule has 0 unspecified atom stereocenters. The lowest BCUT2D eigenvalue weighted by Gasteiger charge is -2.10. The van der Waals surface area contributed by atoms with Gasteiger partial charge < -0.3 is 16.6 Å². The van der Waals surface area contributed by atoms with E-state index in [0.717, 1.165) is 16.7 Å². The van der Waals surface area contributed by atoms with Crippen LogP contribution in [-0.4, -0.2) is 0 Å². The molecule has 0 heterocycles. The zero-order valence-electron chi connectivity index (χ0n) is 11.9. The third-order valence-electron chi connectivity index (χ3n) is 3.07. The summed E-state index contributed by atoms with van der Waals surface area (Å²) < 4.78 is 13.9. The van der Waals surface area contributed by atoms with Gasteiger partial charge in [0.15, 0.2) is 0 Å². The molecule has 0 aliphatic carbocycles. The van der Waals surface area contributed by atoms with Gasteiger partial charge in [-0.05, 0) is 29.7 Å². The molecule has 0 amide bonds. The molecular formula is C17H18FN3. The SMILES string of the molecule is C=C(NN/C=C\N)c1ccc(-c2ccc(C)cc2F)cc1. The van der Waals surface area contributed by atoms with Crippen molar-refractivity contribution in [3.63, 3.8) is 0 Å². The van der Waals surface area contributed by atoms with Gasteiger partial charge in [0.05, 0.1) is 5.70 Å². The van der Waals surface area contributed by atoms with Gasteiger partial charge in [0.25, 0.3) is 0 Å². The summed E-state index contributed by atoms with van der Waals surface area (Å²) in [6.07, 6.45) is 2.94. The second-order valence-corrected chi connectivity index (χ2v) is 4.67. The summed E-state index contributed by atoms with van der Waals surface area (Å²) in [5.41, 5.74) is 14.8. The highest BCUT2D eigenvalue weighted by Gasteiger charge is 2.05. The number of hydrazine groups is 1. The first kappa shape index (κ1) is 14.7. The first-order valence-corrected chi connectivity index (χ1v) is 6.56. The minimum Gasteiger partial charge on any atom is -0.403 e. The predicted octanol–water partition coefficient (Wildman–Crippen LogP) is 3.30. The summed E-state index contributed by atoms with van der Waals surface area (Å²) in [5, 5.41) is 0. The Morgan fingerprint density at radius 2 is 1.90 bits per heavy atom. The molecule has 0 radical (unpaired) electrons. The Balaban J connectivity index is 2.16. The molecule has 0 bridgehead atoms. The topological polar surface area (TPSA) is 50.1 Å². The van der Waals surface area contributed by atoms with E-state index in [2.05, 4.69) is 17.4 Å². The van der Waals surface area contributed by atoms with Crippen LogP contribution in [0.3, 0.4) is 0 Å². The van der Waals surface area contributed by atoms with Crippen molar-refractivity contribution in [1.29, 1.82) is 0 Å². The number of benzene rings is 2. The molecule has 0 atom stereocenters. The summed E-state index contributed by atoms with van der Waals surface area (Å²) in [5.74, 6) is -0.213. The Labute approximate surface area is 124 Å². The number of hydrogen-bond donors (Lipinski definition) is 3. The smallest absolute Gasteiger partial charge is 0.131 e. The van der Waals surface area contributed by atoms with E-state index in [4.69, 9.17) is 5.73 Å². The van der Waals surface area contributed by atoms with Gasteiger partial charge in [-0.1, -0.05) is 43.0 Å². The average Bonchev–Trinajstić information content (AvgIpc) is 2.48. The highest BCUT2D eigenvalue weighted by atomic mass is 19.1. The maximum Gasteiger partial charge on any atom is 0.131 e. The van der Waals surface area contributed by atoms with Crippen molar-refractivity contribution in [1.82, 2.24) is 10.9 Å². The van der Waals surface area contributed by atoms with Crippen molar-refractivity contribution in [2.45, 2.75) is 6.92 Å². The van der Waals surface area contributed by atoms with Gasteiger partial charge in [0.2, 0.25) is 0 Å². The van der Waals surface area contributed by atoms with E-state index in [9.17, 15) is 4.39 Å². The number of halogens is 1. The van der Waals surface area contributed by atoms with Crippen LogP contribution in [0.4, 0.5) is 4.39 Å². The highest BCUT2D eigenvalue weighted by Crippen LogP contribution is 2.24. The van der Waals surface area contributed by atoms with Gasteiger partial charge >= 0.3 is 0 Å². The molecule has 0 aromatic heterocycles. The molecule has 0 spiro atoms. The lowest BCUT2D eigenvalue weighted by molar-refractivity contribution is 0.630. The van der Waals surface area contributed by atoms with E-state index < -0.39 is 0 Å². The van der Waals surface area contributed by atoms with Gasteiger partial charge in [-0.15, -0.1) is 0 Å². The predicted molar refractivity (Wildman–Crippen MR) is 85.2 cm³/mol. The van der Waals surface area contributed by atoms with Gasteiger partial charge in [0.1, 0.15) is 5.82 Å². The highest BCUT2D eigenvalue weighted by molar-refractivity contribution is 5.69. The van der Waals surface area contributed by atoms with Crippen molar-refractivity contribution in [2.75, 3.05) is 0 Å². The molecule has 21 heavy (non-hydrogen) atoms. The van der Waals surface area contributed by atoms with E-state index in [1.807, 2.05) is 37.3 Å². The van der Waals surface area contributed by atoms with Crippen LogP contribution in [0.25, 0.3) is 16.8 Å². The van der Waals surface area contributed by atoms with Gasteiger partial charge in [-0.2, -0.15) is 0 Å². The van der Waals surface area contributed by atoms with Crippen LogP contribution in [0.5, 0.6) is 0 Å². The van der Waals surface area contributed by atoms with Crippen LogP contribution < -0.4 is 16.6 Å². The summed E-state index contributed by atoms with van der Waals surface area (Å²) in [6, 6.07) is 12.7. The van der Waals surface area contributed by atoms with Crippen molar-refractivity contribution in [3.05, 3.63) is 78.4 Å². The Kier molecular flexibility index (Phi) is 4.61. The molecule has 0 saturated carbocycles. The van der Waals surface area contributed by atoms with Crippen LogP contribution in [0.15, 0.2) is 61.4 Å². The largest absolute Gasteiger partial charge is 0.403 e. The molecule has 4 heteroatoms. The molecule has 2 aromatic rings. The van der Waals surface area contributed by atoms with E-state index in [1.54, 1.807) is 12.3 Å². The van der Waals surface area contributed by atoms with E-state index >= 15 is 0 Å². The third kappa shape index (κ3) is 3.63. The van der Waals surface area contributed by atoms with Gasteiger partial charge in [-0.3, -0.25) is 0 Å². The average molecular weight is 283 g/mol. The molecule has 4 N–H and O–H groups in total. The fraction of sp³-hybridized carbons (Fsp3) is 0.0588. The van der Waals surface area contributed by atoms with E-state index in [0.29, 0.717) is 11.3 Å². The molecule has 0 aliphatic heterocycles. The Bertz CT molecular complexity index is 660. The van der Waals surface area contributed by atoms with Crippen molar-refractivity contribution in [2.24, 2.45) is 5.73 Å². The zero-order chi connectivity index (χ0) is 15.2. The second kappa shape index (κ2) is 6.61. The van der Waals surface area contributed by atoms with Crippen LogP contribution in [-0.2, 0) is 0 Å². The molecule has 108 valence electrons. The third-order valence-corrected chi connectivity index (χ3v) is 3.07. The van der Waals surface area contributed by atoms with Crippen LogP contribution in [0, 0.1) is 12.7 Å². The first-order valence-electron chi connectivity index (χ1n) is 6.56. The maximum absolute atomic E-state index is 13.9. The fourth-order valence-electron chi connectivity index (χ4n) is 1.95. The molecule has 2 rings (SSSR count). The Hall–Kier alpha value is -2.75. The zero-order valence-corrected chi connectivity index (χ0v) is 11.9. The van der Waals surface area contributed by atoms with Crippen LogP contribution in [0.2, 0.25) is 0 Å². The minimum absolute atomic E-state index is 0.213. The van der Waals surface area contributed by atoms with Crippen LogP contribution in [0.1, 0.15) is 11.1 Å².